The minimum atomic E-state index is -3.83. The molecule has 2 N–H and O–H groups in total. The Balaban J connectivity index is 1.59. The molecule has 0 unspecified atom stereocenters. The Bertz CT molecular complexity index is 1080. The van der Waals surface area contributed by atoms with Gasteiger partial charge in [0, 0.05) is 42.0 Å². The van der Waals surface area contributed by atoms with Crippen LogP contribution in [0.25, 0.3) is 0 Å². The van der Waals surface area contributed by atoms with E-state index in [0.29, 0.717) is 36.5 Å². The van der Waals surface area contributed by atoms with Gasteiger partial charge in [0.2, 0.25) is 0 Å². The fraction of sp³-hybridized carbons (Fsp3) is 0.478. The number of benzene rings is 1. The highest BCUT2D eigenvalue weighted by atomic mass is 35.5. The molecule has 8 nitrogen and oxygen atoms in total. The summed E-state index contributed by atoms with van der Waals surface area (Å²) in [5.41, 5.74) is -3.82. The van der Waals surface area contributed by atoms with Crippen LogP contribution in [0.15, 0.2) is 36.5 Å². The molecule has 12 heteroatoms. The Labute approximate surface area is 207 Å². The van der Waals surface area contributed by atoms with E-state index in [1.54, 1.807) is 6.07 Å². The van der Waals surface area contributed by atoms with Crippen molar-refractivity contribution in [2.45, 2.75) is 57.0 Å². The van der Waals surface area contributed by atoms with Gasteiger partial charge >= 0.3 is 12.7 Å². The Morgan fingerprint density at radius 1 is 1.26 bits per heavy atom. The molecule has 1 amide bonds. The highest BCUT2D eigenvalue weighted by Gasteiger charge is 2.53. The number of rotatable bonds is 6. The van der Waals surface area contributed by atoms with Crippen molar-refractivity contribution in [2.75, 3.05) is 23.3 Å². The van der Waals surface area contributed by atoms with Gasteiger partial charge in [-0.15, -0.1) is 8.78 Å². The molecule has 0 saturated carbocycles. The van der Waals surface area contributed by atoms with Gasteiger partial charge in [-0.1, -0.05) is 0 Å². The van der Waals surface area contributed by atoms with Crippen LogP contribution in [0.3, 0.4) is 0 Å². The summed E-state index contributed by atoms with van der Waals surface area (Å²) in [7, 11) is -0.762. The Hall–Kier alpha value is -2.47. The number of nitrogens with zero attached hydrogens (tertiary/aromatic N) is 2. The van der Waals surface area contributed by atoms with Crippen LogP contribution in [0, 0.1) is 0 Å². The maximum absolute atomic E-state index is 13.0. The second-order valence-corrected chi connectivity index (χ2v) is 10.1. The number of amides is 1. The highest BCUT2D eigenvalue weighted by molar-refractivity contribution is 6.64. The molecule has 0 bridgehead atoms. The van der Waals surface area contributed by atoms with E-state index in [2.05, 4.69) is 15.0 Å². The third-order valence-corrected chi connectivity index (χ3v) is 6.55. The number of alkyl halides is 3. The number of anilines is 2. The lowest BCUT2D eigenvalue weighted by Gasteiger charge is -2.32. The first-order chi connectivity index (χ1) is 16.2. The molecule has 0 aliphatic carbocycles. The van der Waals surface area contributed by atoms with Crippen LogP contribution in [-0.4, -0.2) is 59.1 Å². The SMILES string of the molecule is CC1(C)OB(c2cc(C(=O)Nc3ccc(OC(F)(F)Cl)cc3)cnc2N2CC[C@@H](O)C2)OC1(C)C. The molecular weight excluding hydrogens is 483 g/mol. The minimum absolute atomic E-state index is 0.148. The number of hydrogen-bond donors (Lipinski definition) is 2. The normalized spacial score (nSPS) is 21.3. The first-order valence-corrected chi connectivity index (χ1v) is 11.6. The van der Waals surface area contributed by atoms with Crippen LogP contribution < -0.4 is 20.4 Å². The third kappa shape index (κ3) is 5.69. The average molecular weight is 510 g/mol. The minimum Gasteiger partial charge on any atom is -0.420 e. The van der Waals surface area contributed by atoms with Crippen molar-refractivity contribution < 1.29 is 32.7 Å². The van der Waals surface area contributed by atoms with Gasteiger partial charge in [0.05, 0.1) is 22.9 Å². The number of β-amino-alcohol motifs (C(OH)–C–C–N with tert-alkyl or cyclic N) is 1. The van der Waals surface area contributed by atoms with E-state index in [4.69, 9.17) is 20.9 Å². The highest BCUT2D eigenvalue weighted by Crippen LogP contribution is 2.37. The maximum Gasteiger partial charge on any atom is 0.498 e. The third-order valence-electron chi connectivity index (χ3n) is 6.47. The molecule has 2 aromatic rings. The molecule has 2 aliphatic rings. The molecule has 2 saturated heterocycles. The van der Waals surface area contributed by atoms with Crippen molar-refractivity contribution in [1.82, 2.24) is 4.98 Å². The molecule has 35 heavy (non-hydrogen) atoms. The van der Waals surface area contributed by atoms with Gasteiger partial charge in [0.25, 0.3) is 5.91 Å². The number of hydrogen-bond acceptors (Lipinski definition) is 7. The Morgan fingerprint density at radius 2 is 1.89 bits per heavy atom. The zero-order valence-corrected chi connectivity index (χ0v) is 20.6. The van der Waals surface area contributed by atoms with Gasteiger partial charge in [-0.3, -0.25) is 4.79 Å². The molecule has 1 aromatic heterocycles. The molecule has 188 valence electrons. The van der Waals surface area contributed by atoms with Gasteiger partial charge in [-0.05, 0) is 64.4 Å². The van der Waals surface area contributed by atoms with Crippen molar-refractivity contribution in [3.05, 3.63) is 42.1 Å². The summed E-state index contributed by atoms with van der Waals surface area (Å²) in [4.78, 5) is 19.4. The lowest BCUT2D eigenvalue weighted by molar-refractivity contribution is -0.0964. The van der Waals surface area contributed by atoms with Gasteiger partial charge in [0.15, 0.2) is 0 Å². The first-order valence-electron chi connectivity index (χ1n) is 11.2. The second-order valence-electron chi connectivity index (χ2n) is 9.64. The standard InChI is InChI=1S/C23H27BClF2N3O5/c1-21(2)22(3,4)35-24(34-21)18-11-14(12-28-19(18)30-10-9-16(31)13-30)20(32)29-15-5-7-17(8-6-15)33-23(25,26)27/h5-8,11-12,16,31H,9-10,13H2,1-4H3,(H,29,32)/t16-/m1/s1. The summed E-state index contributed by atoms with van der Waals surface area (Å²) in [5.74, 6) is -0.0235. The van der Waals surface area contributed by atoms with E-state index in [1.807, 2.05) is 32.6 Å². The smallest absolute Gasteiger partial charge is 0.420 e. The number of pyridine rings is 1. The first kappa shape index (κ1) is 25.6. The van der Waals surface area contributed by atoms with Crippen molar-refractivity contribution in [3.63, 3.8) is 0 Å². The number of aliphatic hydroxyl groups is 1. The summed E-state index contributed by atoms with van der Waals surface area (Å²) in [5, 5.41) is 12.7. The number of carbonyl (C=O) groups is 1. The van der Waals surface area contributed by atoms with Gasteiger partial charge in [-0.25, -0.2) is 4.98 Å². The molecular formula is C23H27BClF2N3O5. The fourth-order valence-corrected chi connectivity index (χ4v) is 3.97. The molecule has 2 aliphatic heterocycles. The zero-order chi connectivity index (χ0) is 25.6. The summed E-state index contributed by atoms with van der Waals surface area (Å²) < 4.78 is 42.3. The fourth-order valence-electron chi connectivity index (χ4n) is 3.88. The van der Waals surface area contributed by atoms with Crippen molar-refractivity contribution in [2.24, 2.45) is 0 Å². The van der Waals surface area contributed by atoms with E-state index >= 15 is 0 Å². The zero-order valence-electron chi connectivity index (χ0n) is 19.8. The van der Waals surface area contributed by atoms with E-state index < -0.39 is 35.9 Å². The van der Waals surface area contributed by atoms with Gasteiger partial charge in [0.1, 0.15) is 11.6 Å². The topological polar surface area (TPSA) is 93.2 Å². The quantitative estimate of drug-likeness (QED) is 0.456. The second kappa shape index (κ2) is 9.20. The summed E-state index contributed by atoms with van der Waals surface area (Å²) in [6, 6.07) is 7.02. The van der Waals surface area contributed by atoms with Crippen molar-refractivity contribution >= 4 is 41.6 Å². The van der Waals surface area contributed by atoms with Crippen LogP contribution in [0.1, 0.15) is 44.5 Å². The van der Waals surface area contributed by atoms with Gasteiger partial charge in [-0.2, -0.15) is 0 Å². The van der Waals surface area contributed by atoms with Crippen LogP contribution in [-0.2, 0) is 9.31 Å². The van der Waals surface area contributed by atoms with E-state index in [0.717, 1.165) is 0 Å². The molecule has 1 aromatic carbocycles. The van der Waals surface area contributed by atoms with Gasteiger partial charge < -0.3 is 29.4 Å². The number of carbonyl (C=O) groups excluding carboxylic acids is 1. The maximum atomic E-state index is 13.0. The predicted molar refractivity (Wildman–Crippen MR) is 129 cm³/mol. The molecule has 3 heterocycles. The molecule has 1 atom stereocenters. The van der Waals surface area contributed by atoms with E-state index in [1.165, 1.54) is 30.5 Å². The number of ether oxygens (including phenoxy) is 1. The lowest BCUT2D eigenvalue weighted by Crippen LogP contribution is -2.41. The average Bonchev–Trinajstić information content (AvgIpc) is 3.27. The molecule has 4 rings (SSSR count). The largest absolute Gasteiger partial charge is 0.498 e. The number of aromatic nitrogens is 1. The monoisotopic (exact) mass is 509 g/mol. The summed E-state index contributed by atoms with van der Waals surface area (Å²) in [6.07, 6.45) is 1.59. The van der Waals surface area contributed by atoms with Crippen molar-refractivity contribution in [1.29, 1.82) is 0 Å². The Morgan fingerprint density at radius 3 is 2.43 bits per heavy atom. The summed E-state index contributed by atoms with van der Waals surface area (Å²) in [6.45, 7) is 8.77. The lowest BCUT2D eigenvalue weighted by atomic mass is 9.78. The predicted octanol–water partition coefficient (Wildman–Crippen LogP) is 3.37. The van der Waals surface area contributed by atoms with E-state index in [9.17, 15) is 18.7 Å². The van der Waals surface area contributed by atoms with Crippen LogP contribution in [0.2, 0.25) is 0 Å². The van der Waals surface area contributed by atoms with Crippen LogP contribution >= 0.6 is 11.6 Å². The number of halogens is 3. The number of nitrogens with one attached hydrogen (secondary N) is 1. The van der Waals surface area contributed by atoms with Crippen LogP contribution in [0.4, 0.5) is 20.3 Å². The molecule has 2 fully saturated rings. The number of aliphatic hydroxyl groups excluding tert-OH is 1. The molecule has 0 spiro atoms. The Kier molecular flexibility index (Phi) is 6.73. The summed E-state index contributed by atoms with van der Waals surface area (Å²) >= 11 is 4.77. The van der Waals surface area contributed by atoms with E-state index in [-0.39, 0.29) is 11.3 Å². The molecule has 0 radical (unpaired) electrons. The van der Waals surface area contributed by atoms with Crippen LogP contribution in [0.5, 0.6) is 5.75 Å². The van der Waals surface area contributed by atoms with Crippen molar-refractivity contribution in [3.8, 4) is 5.75 Å².